The summed E-state index contributed by atoms with van der Waals surface area (Å²) in [6.45, 7) is 2.08. The van der Waals surface area contributed by atoms with Gasteiger partial charge in [-0.25, -0.2) is 15.0 Å². The van der Waals surface area contributed by atoms with Gasteiger partial charge in [-0.3, -0.25) is 0 Å². The zero-order chi connectivity index (χ0) is 14.8. The quantitative estimate of drug-likeness (QED) is 0.760. The third kappa shape index (κ3) is 2.80. The fourth-order valence-electron chi connectivity index (χ4n) is 2.18. The van der Waals surface area contributed by atoms with Gasteiger partial charge in [-0.1, -0.05) is 34.1 Å². The van der Waals surface area contributed by atoms with Crippen molar-refractivity contribution in [2.75, 3.05) is 11.1 Å². The lowest BCUT2D eigenvalue weighted by Crippen LogP contribution is -2.09. The molecule has 3 N–H and O–H groups in total. The zero-order valence-electron chi connectivity index (χ0n) is 11.4. The Kier molecular flexibility index (Phi) is 3.70. The third-order valence-electron chi connectivity index (χ3n) is 3.24. The van der Waals surface area contributed by atoms with E-state index in [0.717, 1.165) is 21.2 Å². The van der Waals surface area contributed by atoms with Crippen LogP contribution in [0, 0.1) is 0 Å². The van der Waals surface area contributed by atoms with Crippen molar-refractivity contribution in [3.05, 3.63) is 52.8 Å². The SMILES string of the molecule is CC(Nc1ncnc2nc(N)ccc12)c1ccccc1Br. The average Bonchev–Trinajstić information content (AvgIpc) is 2.47. The van der Waals surface area contributed by atoms with Crippen LogP contribution in [0.3, 0.4) is 0 Å². The first-order valence-electron chi connectivity index (χ1n) is 6.53. The van der Waals surface area contributed by atoms with Crippen molar-refractivity contribution in [2.45, 2.75) is 13.0 Å². The molecule has 0 saturated carbocycles. The summed E-state index contributed by atoms with van der Waals surface area (Å²) in [5, 5.41) is 4.25. The highest BCUT2D eigenvalue weighted by atomic mass is 79.9. The molecule has 0 radical (unpaired) electrons. The summed E-state index contributed by atoms with van der Waals surface area (Å²) in [6, 6.07) is 11.8. The Bertz CT molecular complexity index is 790. The first-order valence-corrected chi connectivity index (χ1v) is 7.32. The van der Waals surface area contributed by atoms with Crippen molar-refractivity contribution in [3.63, 3.8) is 0 Å². The van der Waals surface area contributed by atoms with E-state index in [0.29, 0.717) is 11.5 Å². The maximum atomic E-state index is 5.69. The standard InChI is InChI=1S/C15H14BrN5/c1-9(10-4-2-3-5-12(10)16)20-14-11-6-7-13(17)21-15(11)19-8-18-14/h2-9H,1H3,(H3,17,18,19,20,21). The van der Waals surface area contributed by atoms with Gasteiger partial charge < -0.3 is 11.1 Å². The smallest absolute Gasteiger partial charge is 0.166 e. The molecular formula is C15H14BrN5. The van der Waals surface area contributed by atoms with E-state index in [1.165, 1.54) is 6.33 Å². The van der Waals surface area contributed by atoms with Gasteiger partial charge in [0.15, 0.2) is 5.65 Å². The summed E-state index contributed by atoms with van der Waals surface area (Å²) < 4.78 is 1.06. The topological polar surface area (TPSA) is 76.7 Å². The molecule has 2 aromatic heterocycles. The van der Waals surface area contributed by atoms with Crippen LogP contribution in [0.1, 0.15) is 18.5 Å². The van der Waals surface area contributed by atoms with Crippen molar-refractivity contribution in [3.8, 4) is 0 Å². The average molecular weight is 344 g/mol. The van der Waals surface area contributed by atoms with Crippen LogP contribution in [-0.4, -0.2) is 15.0 Å². The van der Waals surface area contributed by atoms with E-state index in [-0.39, 0.29) is 6.04 Å². The first kappa shape index (κ1) is 13.8. The van der Waals surface area contributed by atoms with Gasteiger partial charge in [0.25, 0.3) is 0 Å². The fraction of sp³-hybridized carbons (Fsp3) is 0.133. The Balaban J connectivity index is 1.97. The number of halogens is 1. The van der Waals surface area contributed by atoms with Crippen molar-refractivity contribution in [1.29, 1.82) is 0 Å². The Morgan fingerprint density at radius 2 is 1.95 bits per heavy atom. The number of nitrogens with two attached hydrogens (primary N) is 1. The highest BCUT2D eigenvalue weighted by Gasteiger charge is 2.12. The Labute approximate surface area is 130 Å². The van der Waals surface area contributed by atoms with Gasteiger partial charge in [0.2, 0.25) is 0 Å². The molecule has 1 unspecified atom stereocenters. The number of nitrogens with one attached hydrogen (secondary N) is 1. The molecule has 0 bridgehead atoms. The molecule has 1 aromatic carbocycles. The molecule has 0 aliphatic rings. The van der Waals surface area contributed by atoms with Crippen molar-refractivity contribution < 1.29 is 0 Å². The Morgan fingerprint density at radius 1 is 1.14 bits per heavy atom. The van der Waals surface area contributed by atoms with Gasteiger partial charge in [-0.05, 0) is 30.7 Å². The summed E-state index contributed by atoms with van der Waals surface area (Å²) >= 11 is 3.57. The predicted octanol–water partition coefficient (Wildman–Crippen LogP) is 3.54. The highest BCUT2D eigenvalue weighted by molar-refractivity contribution is 9.10. The minimum absolute atomic E-state index is 0.0937. The number of fused-ring (bicyclic) bond motifs is 1. The molecule has 0 aliphatic heterocycles. The van der Waals surface area contributed by atoms with Crippen LogP contribution in [0.2, 0.25) is 0 Å². The van der Waals surface area contributed by atoms with Gasteiger partial charge in [0, 0.05) is 4.47 Å². The second-order valence-corrected chi connectivity index (χ2v) is 5.57. The number of nitrogens with zero attached hydrogens (tertiary/aromatic N) is 3. The second kappa shape index (κ2) is 5.65. The van der Waals surface area contributed by atoms with Crippen LogP contribution in [0.4, 0.5) is 11.6 Å². The number of nitrogen functional groups attached to an aromatic ring is 1. The lowest BCUT2D eigenvalue weighted by Gasteiger charge is -2.17. The number of rotatable bonds is 3. The molecule has 0 fully saturated rings. The summed E-state index contributed by atoms with van der Waals surface area (Å²) in [5.41, 5.74) is 7.44. The Morgan fingerprint density at radius 3 is 2.76 bits per heavy atom. The van der Waals surface area contributed by atoms with Crippen LogP contribution in [-0.2, 0) is 0 Å². The third-order valence-corrected chi connectivity index (χ3v) is 3.97. The summed E-state index contributed by atoms with van der Waals surface area (Å²) in [5.74, 6) is 1.20. The van der Waals surface area contributed by atoms with Gasteiger partial charge in [-0.2, -0.15) is 0 Å². The van der Waals surface area contributed by atoms with Crippen molar-refractivity contribution >= 4 is 38.6 Å². The maximum absolute atomic E-state index is 5.69. The van der Waals surface area contributed by atoms with E-state index in [1.807, 2.05) is 24.3 Å². The monoisotopic (exact) mass is 343 g/mol. The second-order valence-electron chi connectivity index (χ2n) is 4.72. The number of hydrogen-bond donors (Lipinski definition) is 2. The van der Waals surface area contributed by atoms with Gasteiger partial charge in [0.05, 0.1) is 11.4 Å². The molecule has 0 spiro atoms. The van der Waals surface area contributed by atoms with Gasteiger partial charge in [0.1, 0.15) is 18.0 Å². The van der Waals surface area contributed by atoms with E-state index in [2.05, 4.69) is 49.2 Å². The number of hydrogen-bond acceptors (Lipinski definition) is 5. The molecule has 3 aromatic rings. The fourth-order valence-corrected chi connectivity index (χ4v) is 2.81. The van der Waals surface area contributed by atoms with Crippen LogP contribution in [0.15, 0.2) is 47.2 Å². The number of pyridine rings is 1. The molecule has 0 saturated heterocycles. The van der Waals surface area contributed by atoms with Crippen molar-refractivity contribution in [2.24, 2.45) is 0 Å². The van der Waals surface area contributed by atoms with E-state index in [9.17, 15) is 0 Å². The minimum atomic E-state index is 0.0937. The molecule has 3 rings (SSSR count). The van der Waals surface area contributed by atoms with Crippen LogP contribution >= 0.6 is 15.9 Å². The number of aromatic nitrogens is 3. The zero-order valence-corrected chi connectivity index (χ0v) is 13.0. The maximum Gasteiger partial charge on any atom is 0.166 e. The lowest BCUT2D eigenvalue weighted by atomic mass is 10.1. The minimum Gasteiger partial charge on any atom is -0.384 e. The molecule has 1 atom stereocenters. The Hall–Kier alpha value is -2.21. The summed E-state index contributed by atoms with van der Waals surface area (Å²) in [7, 11) is 0. The first-order chi connectivity index (χ1) is 10.1. The summed E-state index contributed by atoms with van der Waals surface area (Å²) in [6.07, 6.45) is 1.49. The van der Waals surface area contributed by atoms with Crippen LogP contribution in [0.25, 0.3) is 11.0 Å². The number of anilines is 2. The summed E-state index contributed by atoms with van der Waals surface area (Å²) in [4.78, 5) is 12.7. The lowest BCUT2D eigenvalue weighted by molar-refractivity contribution is 0.870. The number of benzene rings is 1. The highest BCUT2D eigenvalue weighted by Crippen LogP contribution is 2.27. The van der Waals surface area contributed by atoms with E-state index in [1.54, 1.807) is 6.07 Å². The molecule has 0 aliphatic carbocycles. The van der Waals surface area contributed by atoms with E-state index < -0.39 is 0 Å². The van der Waals surface area contributed by atoms with Gasteiger partial charge in [-0.15, -0.1) is 0 Å². The van der Waals surface area contributed by atoms with Crippen LogP contribution < -0.4 is 11.1 Å². The largest absolute Gasteiger partial charge is 0.384 e. The molecule has 6 heteroatoms. The van der Waals surface area contributed by atoms with Gasteiger partial charge >= 0.3 is 0 Å². The van der Waals surface area contributed by atoms with Crippen LogP contribution in [0.5, 0.6) is 0 Å². The molecule has 0 amide bonds. The molecule has 106 valence electrons. The predicted molar refractivity (Wildman–Crippen MR) is 87.9 cm³/mol. The molecule has 2 heterocycles. The molecule has 5 nitrogen and oxygen atoms in total. The molecular weight excluding hydrogens is 330 g/mol. The van der Waals surface area contributed by atoms with Crippen molar-refractivity contribution in [1.82, 2.24) is 15.0 Å². The normalized spacial score (nSPS) is 12.3. The van der Waals surface area contributed by atoms with E-state index in [4.69, 9.17) is 5.73 Å². The van der Waals surface area contributed by atoms with E-state index >= 15 is 0 Å². The molecule has 21 heavy (non-hydrogen) atoms.